The molecule has 2 fully saturated rings. The summed E-state index contributed by atoms with van der Waals surface area (Å²) in [6.45, 7) is 3.04. The number of nitrogens with zero attached hydrogens (tertiary/aromatic N) is 4. The lowest BCUT2D eigenvalue weighted by atomic mass is 9.72. The van der Waals surface area contributed by atoms with Crippen LogP contribution in [0.5, 0.6) is 0 Å². The van der Waals surface area contributed by atoms with Gasteiger partial charge in [-0.3, -0.25) is 19.6 Å². The van der Waals surface area contributed by atoms with Crippen LogP contribution >= 0.6 is 0 Å². The zero-order valence-electron chi connectivity index (χ0n) is 16.8. The maximum absolute atomic E-state index is 12.6. The maximum Gasteiger partial charge on any atom is 0.222 e. The van der Waals surface area contributed by atoms with E-state index in [2.05, 4.69) is 9.97 Å². The first-order chi connectivity index (χ1) is 14.1. The topological polar surface area (TPSA) is 66.4 Å². The molecular formula is C23H28N4O2. The third-order valence-electron chi connectivity index (χ3n) is 6.40. The van der Waals surface area contributed by atoms with Crippen molar-refractivity contribution in [3.8, 4) is 0 Å². The Balaban J connectivity index is 1.30. The molecule has 0 N–H and O–H groups in total. The fraction of sp³-hybridized carbons (Fsp3) is 0.478. The smallest absolute Gasteiger partial charge is 0.222 e. The molecule has 2 aliphatic rings. The van der Waals surface area contributed by atoms with Crippen LogP contribution in [0.25, 0.3) is 0 Å². The summed E-state index contributed by atoms with van der Waals surface area (Å²) in [6, 6.07) is 7.87. The Kier molecular flexibility index (Phi) is 5.88. The number of hydrogen-bond acceptors (Lipinski definition) is 4. The van der Waals surface area contributed by atoms with Crippen molar-refractivity contribution >= 4 is 11.8 Å². The van der Waals surface area contributed by atoms with Gasteiger partial charge in [-0.05, 0) is 60.4 Å². The predicted octanol–water partition coefficient (Wildman–Crippen LogP) is 2.84. The number of pyridine rings is 2. The molecule has 2 aromatic heterocycles. The number of piperidine rings is 2. The van der Waals surface area contributed by atoms with Gasteiger partial charge in [0, 0.05) is 63.8 Å². The first-order valence-corrected chi connectivity index (χ1v) is 10.5. The van der Waals surface area contributed by atoms with Crippen molar-refractivity contribution in [2.45, 2.75) is 45.1 Å². The van der Waals surface area contributed by atoms with Gasteiger partial charge in [-0.1, -0.05) is 6.07 Å². The summed E-state index contributed by atoms with van der Waals surface area (Å²) in [5.41, 5.74) is 2.38. The first-order valence-electron chi connectivity index (χ1n) is 10.5. The number of aromatic nitrogens is 2. The summed E-state index contributed by atoms with van der Waals surface area (Å²) in [4.78, 5) is 37.3. The van der Waals surface area contributed by atoms with Crippen LogP contribution in [0.2, 0.25) is 0 Å². The van der Waals surface area contributed by atoms with Crippen LogP contribution in [0, 0.1) is 5.41 Å². The van der Waals surface area contributed by atoms with E-state index in [0.717, 1.165) is 56.4 Å². The SMILES string of the molecule is O=C(CCc1cccnc1)N1CCC2(CCC(=O)N(Cc3ccncc3)C2)CC1. The van der Waals surface area contributed by atoms with Crippen molar-refractivity contribution in [1.29, 1.82) is 0 Å². The van der Waals surface area contributed by atoms with E-state index in [1.54, 1.807) is 18.6 Å². The molecule has 0 atom stereocenters. The van der Waals surface area contributed by atoms with Crippen molar-refractivity contribution < 1.29 is 9.59 Å². The summed E-state index contributed by atoms with van der Waals surface area (Å²) in [6.07, 6.45) is 11.9. The van der Waals surface area contributed by atoms with Gasteiger partial charge < -0.3 is 9.80 Å². The first kappa shape index (κ1) is 19.6. The quantitative estimate of drug-likeness (QED) is 0.785. The normalized spacial score (nSPS) is 18.8. The summed E-state index contributed by atoms with van der Waals surface area (Å²) < 4.78 is 0. The second kappa shape index (κ2) is 8.72. The van der Waals surface area contributed by atoms with Crippen LogP contribution in [-0.4, -0.2) is 51.2 Å². The lowest BCUT2D eigenvalue weighted by Crippen LogP contribution is -2.52. The number of likely N-dealkylation sites (tertiary alicyclic amines) is 2. The van der Waals surface area contributed by atoms with E-state index in [9.17, 15) is 9.59 Å². The fourth-order valence-electron chi connectivity index (χ4n) is 4.55. The molecule has 2 aliphatic heterocycles. The van der Waals surface area contributed by atoms with Gasteiger partial charge in [0.25, 0.3) is 0 Å². The average molecular weight is 393 g/mol. The van der Waals surface area contributed by atoms with E-state index in [4.69, 9.17) is 0 Å². The van der Waals surface area contributed by atoms with Gasteiger partial charge in [0.05, 0.1) is 0 Å². The molecule has 0 radical (unpaired) electrons. The molecule has 0 aliphatic carbocycles. The molecule has 0 unspecified atom stereocenters. The molecule has 0 bridgehead atoms. The molecule has 29 heavy (non-hydrogen) atoms. The van der Waals surface area contributed by atoms with Gasteiger partial charge in [-0.15, -0.1) is 0 Å². The van der Waals surface area contributed by atoms with Crippen LogP contribution in [0.3, 0.4) is 0 Å². The molecule has 2 amide bonds. The van der Waals surface area contributed by atoms with Gasteiger partial charge in [-0.25, -0.2) is 0 Å². The Bertz CT molecular complexity index is 832. The third kappa shape index (κ3) is 4.81. The average Bonchev–Trinajstić information content (AvgIpc) is 2.77. The zero-order valence-corrected chi connectivity index (χ0v) is 16.8. The van der Waals surface area contributed by atoms with Crippen molar-refractivity contribution in [1.82, 2.24) is 19.8 Å². The van der Waals surface area contributed by atoms with Crippen LogP contribution in [0.4, 0.5) is 0 Å². The largest absolute Gasteiger partial charge is 0.343 e. The standard InChI is InChI=1S/C23H28N4O2/c28-21(4-3-19-2-1-11-25-16-19)26-14-9-23(10-15-26)8-5-22(29)27(18-23)17-20-6-12-24-13-7-20/h1-2,6-7,11-13,16H,3-5,8-10,14-15,17-18H2. The third-order valence-corrected chi connectivity index (χ3v) is 6.40. The van der Waals surface area contributed by atoms with Gasteiger partial charge in [0.1, 0.15) is 0 Å². The van der Waals surface area contributed by atoms with E-state index in [-0.39, 0.29) is 17.2 Å². The molecule has 4 rings (SSSR count). The van der Waals surface area contributed by atoms with E-state index in [1.165, 1.54) is 0 Å². The molecule has 0 aromatic carbocycles. The Hall–Kier alpha value is -2.76. The maximum atomic E-state index is 12.6. The second-order valence-electron chi connectivity index (χ2n) is 8.35. The van der Waals surface area contributed by atoms with Crippen molar-refractivity contribution in [3.63, 3.8) is 0 Å². The fourth-order valence-corrected chi connectivity index (χ4v) is 4.55. The van der Waals surface area contributed by atoms with Crippen LogP contribution in [0.15, 0.2) is 49.1 Å². The molecule has 0 saturated carbocycles. The summed E-state index contributed by atoms with van der Waals surface area (Å²) in [5, 5.41) is 0. The number of rotatable bonds is 5. The number of aryl methyl sites for hydroxylation is 1. The molecule has 152 valence electrons. The Morgan fingerprint density at radius 2 is 1.79 bits per heavy atom. The molecular weight excluding hydrogens is 364 g/mol. The van der Waals surface area contributed by atoms with E-state index < -0.39 is 0 Å². The molecule has 2 aromatic rings. The lowest BCUT2D eigenvalue weighted by Gasteiger charge is -2.47. The number of hydrogen-bond donors (Lipinski definition) is 0. The van der Waals surface area contributed by atoms with Gasteiger partial charge in [0.15, 0.2) is 0 Å². The van der Waals surface area contributed by atoms with Gasteiger partial charge in [-0.2, -0.15) is 0 Å². The van der Waals surface area contributed by atoms with E-state index in [1.807, 2.05) is 40.3 Å². The minimum atomic E-state index is 0.154. The zero-order chi connectivity index (χ0) is 20.1. The van der Waals surface area contributed by atoms with E-state index >= 15 is 0 Å². The monoisotopic (exact) mass is 392 g/mol. The minimum absolute atomic E-state index is 0.154. The predicted molar refractivity (Wildman–Crippen MR) is 110 cm³/mol. The van der Waals surface area contributed by atoms with Gasteiger partial charge in [0.2, 0.25) is 11.8 Å². The van der Waals surface area contributed by atoms with E-state index in [0.29, 0.717) is 19.4 Å². The van der Waals surface area contributed by atoms with Crippen molar-refractivity contribution in [3.05, 3.63) is 60.2 Å². The Morgan fingerprint density at radius 1 is 1.00 bits per heavy atom. The van der Waals surface area contributed by atoms with Crippen molar-refractivity contribution in [2.24, 2.45) is 5.41 Å². The summed E-state index contributed by atoms with van der Waals surface area (Å²) >= 11 is 0. The lowest BCUT2D eigenvalue weighted by molar-refractivity contribution is -0.143. The molecule has 2 saturated heterocycles. The Morgan fingerprint density at radius 3 is 2.52 bits per heavy atom. The highest BCUT2D eigenvalue weighted by atomic mass is 16.2. The molecule has 4 heterocycles. The van der Waals surface area contributed by atoms with Crippen LogP contribution in [-0.2, 0) is 22.6 Å². The number of amides is 2. The Labute approximate surface area is 172 Å². The minimum Gasteiger partial charge on any atom is -0.343 e. The highest BCUT2D eigenvalue weighted by Gasteiger charge is 2.41. The summed E-state index contributed by atoms with van der Waals surface area (Å²) in [7, 11) is 0. The molecule has 1 spiro atoms. The number of carbonyl (C=O) groups excluding carboxylic acids is 2. The summed E-state index contributed by atoms with van der Waals surface area (Å²) in [5.74, 6) is 0.464. The van der Waals surface area contributed by atoms with Crippen LogP contribution < -0.4 is 0 Å². The second-order valence-corrected chi connectivity index (χ2v) is 8.35. The highest BCUT2D eigenvalue weighted by Crippen LogP contribution is 2.40. The van der Waals surface area contributed by atoms with Crippen molar-refractivity contribution in [2.75, 3.05) is 19.6 Å². The molecule has 6 heteroatoms. The number of carbonyl (C=O) groups is 2. The van der Waals surface area contributed by atoms with Crippen LogP contribution in [0.1, 0.15) is 43.2 Å². The highest BCUT2D eigenvalue weighted by molar-refractivity contribution is 5.78. The van der Waals surface area contributed by atoms with Gasteiger partial charge >= 0.3 is 0 Å². The molecule has 6 nitrogen and oxygen atoms in total.